The van der Waals surface area contributed by atoms with Crippen molar-refractivity contribution in [3.63, 3.8) is 0 Å². The number of hydrogen-bond acceptors (Lipinski definition) is 5. The summed E-state index contributed by atoms with van der Waals surface area (Å²) in [4.78, 5) is 2.00. The summed E-state index contributed by atoms with van der Waals surface area (Å²) < 4.78 is 23.6. The molecule has 3 aromatic rings. The van der Waals surface area contributed by atoms with E-state index in [0.717, 1.165) is 11.4 Å². The zero-order valence-electron chi connectivity index (χ0n) is 15.7. The molecule has 8 heteroatoms. The lowest BCUT2D eigenvalue weighted by Crippen LogP contribution is -2.18. The molecule has 0 spiro atoms. The summed E-state index contributed by atoms with van der Waals surface area (Å²) in [5.74, 6) is 2.79. The molecule has 0 saturated carbocycles. The van der Waals surface area contributed by atoms with Crippen LogP contribution in [-0.4, -0.2) is 26.4 Å². The molecule has 3 aromatic carbocycles. The normalized spacial score (nSPS) is 14.4. The Kier molecular flexibility index (Phi) is 5.31. The zero-order chi connectivity index (χ0) is 20.7. The lowest BCUT2D eigenvalue weighted by molar-refractivity contribution is 0.171. The molecule has 2 aliphatic rings. The SMILES string of the molecule is Clc1cc(Br)c(Cl)c(N(c2ccc3c(c2)OCCO3)c2ccc3c(c2)OCCO3)c1. The molecule has 2 aliphatic heterocycles. The van der Waals surface area contributed by atoms with Crippen LogP contribution >= 0.6 is 39.1 Å². The van der Waals surface area contributed by atoms with Gasteiger partial charge in [0.25, 0.3) is 0 Å². The van der Waals surface area contributed by atoms with E-state index in [-0.39, 0.29) is 0 Å². The van der Waals surface area contributed by atoms with E-state index in [9.17, 15) is 0 Å². The van der Waals surface area contributed by atoms with Gasteiger partial charge in [-0.05, 0) is 52.3 Å². The van der Waals surface area contributed by atoms with Crippen molar-refractivity contribution in [2.24, 2.45) is 0 Å². The summed E-state index contributed by atoms with van der Waals surface area (Å²) in [5.41, 5.74) is 2.39. The molecule has 0 unspecified atom stereocenters. The minimum atomic E-state index is 0.504. The highest BCUT2D eigenvalue weighted by atomic mass is 79.9. The summed E-state index contributed by atoms with van der Waals surface area (Å²) >= 11 is 16.6. The van der Waals surface area contributed by atoms with Gasteiger partial charge in [-0.25, -0.2) is 0 Å². The van der Waals surface area contributed by atoms with Crippen LogP contribution in [0.15, 0.2) is 53.0 Å². The topological polar surface area (TPSA) is 40.2 Å². The number of anilines is 3. The van der Waals surface area contributed by atoms with Gasteiger partial charge in [-0.1, -0.05) is 23.2 Å². The fourth-order valence-electron chi connectivity index (χ4n) is 3.47. The molecule has 154 valence electrons. The smallest absolute Gasteiger partial charge is 0.163 e. The molecule has 2 heterocycles. The molecule has 0 saturated heterocycles. The molecule has 0 amide bonds. The van der Waals surface area contributed by atoms with Crippen molar-refractivity contribution in [1.82, 2.24) is 0 Å². The van der Waals surface area contributed by atoms with E-state index < -0.39 is 0 Å². The van der Waals surface area contributed by atoms with E-state index in [4.69, 9.17) is 42.1 Å². The lowest BCUT2D eigenvalue weighted by Gasteiger charge is -2.29. The van der Waals surface area contributed by atoms with E-state index in [2.05, 4.69) is 15.9 Å². The third kappa shape index (κ3) is 3.64. The Balaban J connectivity index is 1.69. The van der Waals surface area contributed by atoms with Crippen LogP contribution < -0.4 is 23.8 Å². The molecule has 0 fully saturated rings. The Morgan fingerprint density at radius 3 is 1.70 bits per heavy atom. The van der Waals surface area contributed by atoms with E-state index in [0.29, 0.717) is 69.6 Å². The Labute approximate surface area is 192 Å². The number of rotatable bonds is 3. The van der Waals surface area contributed by atoms with Crippen molar-refractivity contribution in [1.29, 1.82) is 0 Å². The van der Waals surface area contributed by atoms with Crippen LogP contribution in [0.5, 0.6) is 23.0 Å². The number of fused-ring (bicyclic) bond motifs is 2. The molecule has 0 N–H and O–H groups in total. The second kappa shape index (κ2) is 8.10. The summed E-state index contributed by atoms with van der Waals surface area (Å²) in [5, 5.41) is 1.09. The summed E-state index contributed by atoms with van der Waals surface area (Å²) in [6.45, 7) is 2.07. The van der Waals surface area contributed by atoms with Crippen molar-refractivity contribution in [3.05, 3.63) is 63.0 Å². The molecule has 30 heavy (non-hydrogen) atoms. The highest BCUT2D eigenvalue weighted by Gasteiger charge is 2.23. The Hall–Kier alpha value is -2.28. The minimum Gasteiger partial charge on any atom is -0.486 e. The van der Waals surface area contributed by atoms with Crippen molar-refractivity contribution < 1.29 is 18.9 Å². The maximum atomic E-state index is 6.69. The fourth-order valence-corrected chi connectivity index (χ4v) is 4.46. The molecule has 5 rings (SSSR count). The number of ether oxygens (including phenoxy) is 4. The van der Waals surface area contributed by atoms with Gasteiger partial charge >= 0.3 is 0 Å². The van der Waals surface area contributed by atoms with Gasteiger partial charge in [0, 0.05) is 21.6 Å². The van der Waals surface area contributed by atoms with Crippen LogP contribution in [0.25, 0.3) is 0 Å². The molecular formula is C22H16BrCl2NO4. The zero-order valence-corrected chi connectivity index (χ0v) is 18.8. The molecule has 0 bridgehead atoms. The molecule has 0 atom stereocenters. The molecular weight excluding hydrogens is 493 g/mol. The van der Waals surface area contributed by atoms with E-state index in [1.807, 2.05) is 47.4 Å². The van der Waals surface area contributed by atoms with Gasteiger partial charge in [0.1, 0.15) is 26.4 Å². The van der Waals surface area contributed by atoms with Gasteiger partial charge in [-0.3, -0.25) is 0 Å². The number of hydrogen-bond donors (Lipinski definition) is 0. The van der Waals surface area contributed by atoms with Crippen LogP contribution in [0, 0.1) is 0 Å². The average molecular weight is 509 g/mol. The maximum absolute atomic E-state index is 6.69. The quantitative estimate of drug-likeness (QED) is 0.365. The van der Waals surface area contributed by atoms with Gasteiger partial charge < -0.3 is 23.8 Å². The first kappa shape index (κ1) is 19.7. The summed E-state index contributed by atoms with van der Waals surface area (Å²) in [6.07, 6.45) is 0. The Bertz CT molecular complexity index is 1070. The summed E-state index contributed by atoms with van der Waals surface area (Å²) in [7, 11) is 0. The van der Waals surface area contributed by atoms with Crippen LogP contribution in [0.4, 0.5) is 17.1 Å². The van der Waals surface area contributed by atoms with Gasteiger partial charge in [-0.2, -0.15) is 0 Å². The van der Waals surface area contributed by atoms with Crippen molar-refractivity contribution in [3.8, 4) is 23.0 Å². The molecule has 0 aliphatic carbocycles. The first-order chi connectivity index (χ1) is 14.6. The van der Waals surface area contributed by atoms with Crippen molar-refractivity contribution >= 4 is 56.2 Å². The third-order valence-corrected chi connectivity index (χ3v) is 6.25. The highest BCUT2D eigenvalue weighted by molar-refractivity contribution is 9.10. The Morgan fingerprint density at radius 2 is 1.17 bits per heavy atom. The van der Waals surface area contributed by atoms with Crippen LogP contribution in [0.3, 0.4) is 0 Å². The van der Waals surface area contributed by atoms with Gasteiger partial charge in [0.05, 0.1) is 22.1 Å². The van der Waals surface area contributed by atoms with Crippen LogP contribution in [-0.2, 0) is 0 Å². The van der Waals surface area contributed by atoms with E-state index >= 15 is 0 Å². The van der Waals surface area contributed by atoms with Crippen LogP contribution in [0.2, 0.25) is 10.0 Å². The predicted molar refractivity (Wildman–Crippen MR) is 121 cm³/mol. The maximum Gasteiger partial charge on any atom is 0.163 e. The van der Waals surface area contributed by atoms with E-state index in [1.54, 1.807) is 6.07 Å². The minimum absolute atomic E-state index is 0.504. The predicted octanol–water partition coefficient (Wildman–Crippen LogP) is 6.77. The number of halogens is 3. The molecule has 0 aromatic heterocycles. The molecule has 0 radical (unpaired) electrons. The second-order valence-corrected chi connectivity index (χ2v) is 8.38. The molecule has 5 nitrogen and oxygen atoms in total. The van der Waals surface area contributed by atoms with Gasteiger partial charge in [0.15, 0.2) is 23.0 Å². The van der Waals surface area contributed by atoms with Crippen molar-refractivity contribution in [2.45, 2.75) is 0 Å². The average Bonchev–Trinajstić information content (AvgIpc) is 2.77. The fraction of sp³-hybridized carbons (Fsp3) is 0.182. The standard InChI is InChI=1S/C22H16BrCl2NO4/c23-16-9-13(24)10-17(22(16)25)26(14-1-3-18-20(11-14)29-7-5-27-18)15-2-4-19-21(12-15)30-8-6-28-19/h1-4,9-12H,5-8H2. The van der Waals surface area contributed by atoms with Gasteiger partial charge in [0.2, 0.25) is 0 Å². The first-order valence-corrected chi connectivity index (χ1v) is 10.9. The largest absolute Gasteiger partial charge is 0.486 e. The van der Waals surface area contributed by atoms with Crippen molar-refractivity contribution in [2.75, 3.05) is 31.3 Å². The van der Waals surface area contributed by atoms with E-state index in [1.165, 1.54) is 0 Å². The van der Waals surface area contributed by atoms with Gasteiger partial charge in [-0.15, -0.1) is 0 Å². The lowest BCUT2D eigenvalue weighted by atomic mass is 10.1. The third-order valence-electron chi connectivity index (χ3n) is 4.78. The monoisotopic (exact) mass is 507 g/mol. The highest BCUT2D eigenvalue weighted by Crippen LogP contribution is 2.47. The number of benzene rings is 3. The van der Waals surface area contributed by atoms with Crippen LogP contribution in [0.1, 0.15) is 0 Å². The Morgan fingerprint density at radius 1 is 0.667 bits per heavy atom. The second-order valence-electron chi connectivity index (χ2n) is 6.71. The summed E-state index contributed by atoms with van der Waals surface area (Å²) in [6, 6.07) is 15.1. The number of nitrogens with zero attached hydrogens (tertiary/aromatic N) is 1. The first-order valence-electron chi connectivity index (χ1n) is 9.34.